The summed E-state index contributed by atoms with van der Waals surface area (Å²) in [6.45, 7) is 0. The lowest BCUT2D eigenvalue weighted by Crippen LogP contribution is -1.95. The Labute approximate surface area is 97.3 Å². The van der Waals surface area contributed by atoms with E-state index in [-0.39, 0.29) is 5.56 Å². The molecule has 1 aromatic carbocycles. The quantitative estimate of drug-likeness (QED) is 0.811. The maximum atomic E-state index is 10.8. The highest BCUT2D eigenvalue weighted by Gasteiger charge is 2.04. The van der Waals surface area contributed by atoms with Crippen LogP contribution in [0.3, 0.4) is 0 Å². The summed E-state index contributed by atoms with van der Waals surface area (Å²) in [6, 6.07) is 10.2. The van der Waals surface area contributed by atoms with Gasteiger partial charge in [0.05, 0.1) is 5.56 Å². The standard InChI is InChI=1S/C12H8ClNO2/c13-11-7-9(4-5-14-11)8-2-1-3-10(6-8)12(15)16/h1-7H,(H,15,16). The molecule has 0 aliphatic rings. The number of carboxylic acid groups (broad SMARTS) is 1. The summed E-state index contributed by atoms with van der Waals surface area (Å²) in [7, 11) is 0. The van der Waals surface area contributed by atoms with Crippen LogP contribution in [0.5, 0.6) is 0 Å². The predicted molar refractivity (Wildman–Crippen MR) is 61.6 cm³/mol. The molecule has 1 aromatic heterocycles. The molecule has 1 N–H and O–H groups in total. The molecule has 0 atom stereocenters. The van der Waals surface area contributed by atoms with Crippen molar-refractivity contribution < 1.29 is 9.90 Å². The first-order valence-corrected chi connectivity index (χ1v) is 5.00. The molecule has 4 heteroatoms. The predicted octanol–water partition coefficient (Wildman–Crippen LogP) is 3.10. The number of nitrogens with zero attached hydrogens (tertiary/aromatic N) is 1. The highest BCUT2D eigenvalue weighted by Crippen LogP contribution is 2.22. The number of pyridine rings is 1. The van der Waals surface area contributed by atoms with Crippen molar-refractivity contribution in [2.45, 2.75) is 0 Å². The average molecular weight is 234 g/mol. The Morgan fingerprint density at radius 3 is 2.62 bits per heavy atom. The first-order chi connectivity index (χ1) is 7.66. The second-order valence-corrected chi connectivity index (χ2v) is 3.64. The normalized spacial score (nSPS) is 10.1. The van der Waals surface area contributed by atoms with Gasteiger partial charge in [-0.25, -0.2) is 9.78 Å². The van der Waals surface area contributed by atoms with Crippen molar-refractivity contribution in [3.05, 3.63) is 53.3 Å². The van der Waals surface area contributed by atoms with Gasteiger partial charge in [-0.1, -0.05) is 23.7 Å². The number of hydrogen-bond acceptors (Lipinski definition) is 2. The molecule has 2 rings (SSSR count). The Bertz CT molecular complexity index is 540. The number of carbonyl (C=O) groups is 1. The van der Waals surface area contributed by atoms with Gasteiger partial charge in [0.15, 0.2) is 0 Å². The fourth-order valence-electron chi connectivity index (χ4n) is 1.41. The van der Waals surface area contributed by atoms with Gasteiger partial charge < -0.3 is 5.11 Å². The van der Waals surface area contributed by atoms with Crippen molar-refractivity contribution in [1.29, 1.82) is 0 Å². The molecule has 0 saturated carbocycles. The molecule has 2 aromatic rings. The van der Waals surface area contributed by atoms with Gasteiger partial charge in [0.1, 0.15) is 5.15 Å². The Morgan fingerprint density at radius 1 is 1.19 bits per heavy atom. The number of halogens is 1. The minimum absolute atomic E-state index is 0.255. The number of benzene rings is 1. The van der Waals surface area contributed by atoms with Crippen molar-refractivity contribution >= 4 is 17.6 Å². The van der Waals surface area contributed by atoms with E-state index in [1.165, 1.54) is 0 Å². The highest BCUT2D eigenvalue weighted by atomic mass is 35.5. The van der Waals surface area contributed by atoms with Crippen molar-refractivity contribution in [3.8, 4) is 11.1 Å². The molecule has 0 radical (unpaired) electrons. The van der Waals surface area contributed by atoms with Crippen molar-refractivity contribution in [1.82, 2.24) is 4.98 Å². The molecule has 0 unspecified atom stereocenters. The molecule has 0 fully saturated rings. The topological polar surface area (TPSA) is 50.2 Å². The van der Waals surface area contributed by atoms with Gasteiger partial charge in [0, 0.05) is 6.20 Å². The molecule has 80 valence electrons. The van der Waals surface area contributed by atoms with Crippen LogP contribution in [-0.4, -0.2) is 16.1 Å². The summed E-state index contributed by atoms with van der Waals surface area (Å²) >= 11 is 5.77. The highest BCUT2D eigenvalue weighted by molar-refractivity contribution is 6.29. The SMILES string of the molecule is O=C(O)c1cccc(-c2ccnc(Cl)c2)c1. The van der Waals surface area contributed by atoms with E-state index in [9.17, 15) is 4.79 Å². The van der Waals surface area contributed by atoms with Gasteiger partial charge >= 0.3 is 5.97 Å². The molecule has 0 aliphatic carbocycles. The number of carboxylic acids is 1. The maximum absolute atomic E-state index is 10.8. The molecule has 3 nitrogen and oxygen atoms in total. The Kier molecular flexibility index (Phi) is 2.88. The second kappa shape index (κ2) is 4.33. The molecule has 0 bridgehead atoms. The lowest BCUT2D eigenvalue weighted by Gasteiger charge is -2.02. The largest absolute Gasteiger partial charge is 0.478 e. The zero-order chi connectivity index (χ0) is 11.5. The average Bonchev–Trinajstić information content (AvgIpc) is 2.29. The molecular weight excluding hydrogens is 226 g/mol. The van der Waals surface area contributed by atoms with Gasteiger partial charge in [0.25, 0.3) is 0 Å². The maximum Gasteiger partial charge on any atom is 0.335 e. The third kappa shape index (κ3) is 2.20. The van der Waals surface area contributed by atoms with Gasteiger partial charge in [-0.2, -0.15) is 0 Å². The number of rotatable bonds is 2. The number of aromatic nitrogens is 1. The van der Waals surface area contributed by atoms with Crippen LogP contribution in [-0.2, 0) is 0 Å². The summed E-state index contributed by atoms with van der Waals surface area (Å²) in [4.78, 5) is 14.7. The van der Waals surface area contributed by atoms with Gasteiger partial charge in [-0.05, 0) is 35.4 Å². The monoisotopic (exact) mass is 233 g/mol. The van der Waals surface area contributed by atoms with E-state index in [1.54, 1.807) is 36.5 Å². The summed E-state index contributed by atoms with van der Waals surface area (Å²) in [5.41, 5.74) is 1.91. The minimum atomic E-state index is -0.943. The Morgan fingerprint density at radius 2 is 1.94 bits per heavy atom. The molecule has 0 aliphatic heterocycles. The summed E-state index contributed by atoms with van der Waals surface area (Å²) in [5.74, 6) is -0.943. The van der Waals surface area contributed by atoms with Crippen LogP contribution in [0.2, 0.25) is 5.15 Å². The smallest absolute Gasteiger partial charge is 0.335 e. The first-order valence-electron chi connectivity index (χ1n) is 4.62. The van der Waals surface area contributed by atoms with Crippen LogP contribution in [0.15, 0.2) is 42.6 Å². The van der Waals surface area contributed by atoms with Crippen molar-refractivity contribution in [2.24, 2.45) is 0 Å². The summed E-state index contributed by atoms with van der Waals surface area (Å²) in [6.07, 6.45) is 1.59. The van der Waals surface area contributed by atoms with Crippen LogP contribution >= 0.6 is 11.6 Å². The van der Waals surface area contributed by atoms with Crippen LogP contribution in [0, 0.1) is 0 Å². The number of aromatic carboxylic acids is 1. The second-order valence-electron chi connectivity index (χ2n) is 3.25. The zero-order valence-electron chi connectivity index (χ0n) is 8.22. The number of hydrogen-bond donors (Lipinski definition) is 1. The third-order valence-electron chi connectivity index (χ3n) is 2.17. The first kappa shape index (κ1) is 10.6. The van der Waals surface area contributed by atoms with E-state index in [4.69, 9.17) is 16.7 Å². The third-order valence-corrected chi connectivity index (χ3v) is 2.38. The van der Waals surface area contributed by atoms with Gasteiger partial charge in [0.2, 0.25) is 0 Å². The summed E-state index contributed by atoms with van der Waals surface area (Å²) in [5, 5.41) is 9.26. The van der Waals surface area contributed by atoms with Crippen LogP contribution in [0.4, 0.5) is 0 Å². The van der Waals surface area contributed by atoms with E-state index in [2.05, 4.69) is 4.98 Å². The van der Waals surface area contributed by atoms with Crippen molar-refractivity contribution in [2.75, 3.05) is 0 Å². The van der Waals surface area contributed by atoms with Gasteiger partial charge in [-0.3, -0.25) is 0 Å². The van der Waals surface area contributed by atoms with E-state index < -0.39 is 5.97 Å². The minimum Gasteiger partial charge on any atom is -0.478 e. The molecule has 1 heterocycles. The van der Waals surface area contributed by atoms with E-state index in [0.717, 1.165) is 11.1 Å². The van der Waals surface area contributed by atoms with E-state index in [1.807, 2.05) is 6.07 Å². The lowest BCUT2D eigenvalue weighted by molar-refractivity contribution is 0.0697. The fraction of sp³-hybridized carbons (Fsp3) is 0. The Balaban J connectivity index is 2.48. The lowest BCUT2D eigenvalue weighted by atomic mass is 10.0. The molecule has 0 spiro atoms. The summed E-state index contributed by atoms with van der Waals surface area (Å²) < 4.78 is 0. The van der Waals surface area contributed by atoms with Crippen LogP contribution < -0.4 is 0 Å². The van der Waals surface area contributed by atoms with Crippen LogP contribution in [0.25, 0.3) is 11.1 Å². The van der Waals surface area contributed by atoms with E-state index >= 15 is 0 Å². The fourth-order valence-corrected chi connectivity index (χ4v) is 1.59. The van der Waals surface area contributed by atoms with Crippen molar-refractivity contribution in [3.63, 3.8) is 0 Å². The van der Waals surface area contributed by atoms with Gasteiger partial charge in [-0.15, -0.1) is 0 Å². The Hall–Kier alpha value is -1.87. The molecular formula is C12H8ClNO2. The zero-order valence-corrected chi connectivity index (χ0v) is 8.98. The molecule has 0 saturated heterocycles. The van der Waals surface area contributed by atoms with E-state index in [0.29, 0.717) is 5.15 Å². The van der Waals surface area contributed by atoms with Crippen LogP contribution in [0.1, 0.15) is 10.4 Å². The molecule has 0 amide bonds. The molecule has 16 heavy (non-hydrogen) atoms.